The average molecular weight is 838 g/mol. The van der Waals surface area contributed by atoms with E-state index in [-0.39, 0.29) is 37.2 Å². The van der Waals surface area contributed by atoms with E-state index in [4.69, 9.17) is 4.74 Å². The summed E-state index contributed by atoms with van der Waals surface area (Å²) in [5.41, 5.74) is -0.149. The van der Waals surface area contributed by atoms with Crippen molar-refractivity contribution in [1.29, 1.82) is 0 Å². The number of cyclic esters (lactones) is 1. The van der Waals surface area contributed by atoms with Crippen molar-refractivity contribution in [2.45, 2.75) is 102 Å². The summed E-state index contributed by atoms with van der Waals surface area (Å²) in [5, 5.41) is 9.76. The molecule has 3 saturated heterocycles. The van der Waals surface area contributed by atoms with Gasteiger partial charge in [0.15, 0.2) is 0 Å². The van der Waals surface area contributed by atoms with Crippen LogP contribution in [0.25, 0.3) is 0 Å². The van der Waals surface area contributed by atoms with Crippen LogP contribution in [0.15, 0.2) is 42.5 Å². The molecule has 0 aromatic heterocycles. The van der Waals surface area contributed by atoms with E-state index in [1.165, 1.54) is 37.6 Å². The smallest absolute Gasteiger partial charge is 0.458 e. The van der Waals surface area contributed by atoms with Crippen LogP contribution in [0.1, 0.15) is 52.0 Å². The number of hydrogen-bond donors (Lipinski definition) is 4. The third-order valence-electron chi connectivity index (χ3n) is 10.3. The highest BCUT2D eigenvalue weighted by Gasteiger charge is 2.45. The lowest BCUT2D eigenvalue weighted by molar-refractivity contribution is -0.274. The van der Waals surface area contributed by atoms with Crippen molar-refractivity contribution in [2.75, 3.05) is 25.5 Å². The Morgan fingerprint density at radius 2 is 1.47 bits per heavy atom. The monoisotopic (exact) mass is 837 g/mol. The summed E-state index contributed by atoms with van der Waals surface area (Å²) in [5.74, 6) is -7.37. The number of anilines is 1. The summed E-state index contributed by atoms with van der Waals surface area (Å²) in [6.07, 6.45) is -5.89. The van der Waals surface area contributed by atoms with E-state index in [0.29, 0.717) is 18.9 Å². The van der Waals surface area contributed by atoms with Gasteiger partial charge in [-0.15, -0.1) is 13.2 Å². The largest absolute Gasteiger partial charge is 0.573 e. The first kappa shape index (κ1) is 44.1. The van der Waals surface area contributed by atoms with Crippen LogP contribution in [0.2, 0.25) is 0 Å². The Morgan fingerprint density at radius 1 is 0.881 bits per heavy atom. The van der Waals surface area contributed by atoms with Gasteiger partial charge in [0.25, 0.3) is 0 Å². The topological polar surface area (TPSA) is 196 Å². The van der Waals surface area contributed by atoms with Crippen molar-refractivity contribution in [1.82, 2.24) is 30.7 Å². The van der Waals surface area contributed by atoms with Crippen molar-refractivity contribution >= 4 is 47.2 Å². The van der Waals surface area contributed by atoms with Gasteiger partial charge in [-0.05, 0) is 88.4 Å². The summed E-state index contributed by atoms with van der Waals surface area (Å²) in [7, 11) is 1.37. The van der Waals surface area contributed by atoms with Crippen LogP contribution >= 0.6 is 0 Å². The summed E-state index contributed by atoms with van der Waals surface area (Å²) < 4.78 is 76.0. The maximum atomic E-state index is 14.5. The fraction of sp³-hybridized carbons (Fsp3) is 0.500. The molecule has 7 atom stereocenters. The van der Waals surface area contributed by atoms with Gasteiger partial charge in [-0.1, -0.05) is 0 Å². The minimum Gasteiger partial charge on any atom is -0.458 e. The molecule has 320 valence electrons. The number of carbonyl (C=O) groups is 7. The lowest BCUT2D eigenvalue weighted by Gasteiger charge is -2.36. The molecular weight excluding hydrogens is 793 g/mol. The number of esters is 1. The molecule has 7 amide bonds. The second-order valence-corrected chi connectivity index (χ2v) is 14.6. The number of nitrogens with zero attached hydrogens (tertiary/aromatic N) is 3. The zero-order valence-corrected chi connectivity index (χ0v) is 32.4. The Bertz CT molecular complexity index is 1930. The fourth-order valence-electron chi connectivity index (χ4n) is 7.19. The van der Waals surface area contributed by atoms with Gasteiger partial charge < -0.3 is 45.4 Å². The molecule has 0 radical (unpaired) electrons. The number of hydrogen-bond acceptors (Lipinski definition) is 9. The molecular formula is C38H44F5N7O9. The standard InChI is InChI=1S/C38H44F5N7O9/c1-19-33(53)50-14-6-8-29(50)36(56)58-21(3)30(35(55)49-13-5-7-28(49)34(54)48(4)20(2)31(51)44-19)47-32(52)27(17-22-15-23(39)18-24(40)16-22)46-37(57)45-25-9-11-26(12-10-25)59-38(41,42)43/h9-12,15-16,18-21,27-30H,5-8,13-14,17H2,1-4H3,(H,44,51)(H,47,52)(H2,45,46,57). The molecule has 0 saturated carbocycles. The van der Waals surface area contributed by atoms with Crippen LogP contribution < -0.4 is 26.0 Å². The number of amides is 7. The van der Waals surface area contributed by atoms with E-state index in [2.05, 4.69) is 26.0 Å². The quantitative estimate of drug-likeness (QED) is 0.239. The minimum atomic E-state index is -4.97. The molecule has 2 aromatic rings. The molecule has 21 heteroatoms. The van der Waals surface area contributed by atoms with Crippen LogP contribution in [0.5, 0.6) is 5.75 Å². The highest BCUT2D eigenvalue weighted by atomic mass is 19.4. The molecule has 3 heterocycles. The summed E-state index contributed by atoms with van der Waals surface area (Å²) in [6.45, 7) is 4.37. The lowest BCUT2D eigenvalue weighted by Crippen LogP contribution is -2.62. The summed E-state index contributed by atoms with van der Waals surface area (Å²) >= 11 is 0. The Hall–Kier alpha value is -6.02. The number of carbonyl (C=O) groups excluding carboxylic acids is 7. The van der Waals surface area contributed by atoms with Crippen molar-refractivity contribution in [3.8, 4) is 5.75 Å². The molecule has 3 aliphatic rings. The first-order chi connectivity index (χ1) is 27.7. The number of nitrogens with one attached hydrogen (secondary N) is 4. The van der Waals surface area contributed by atoms with Crippen molar-refractivity contribution in [3.05, 3.63) is 59.7 Å². The molecule has 4 N–H and O–H groups in total. The molecule has 0 bridgehead atoms. The zero-order chi connectivity index (χ0) is 43.3. The average Bonchev–Trinajstić information content (AvgIpc) is 3.86. The summed E-state index contributed by atoms with van der Waals surface area (Å²) in [4.78, 5) is 99.6. The molecule has 59 heavy (non-hydrogen) atoms. The van der Waals surface area contributed by atoms with Crippen LogP contribution in [0.4, 0.5) is 32.4 Å². The Balaban J connectivity index is 1.46. The number of alkyl halides is 3. The number of fused-ring (bicyclic) bond motifs is 2. The molecule has 5 rings (SSSR count). The highest BCUT2D eigenvalue weighted by molar-refractivity contribution is 5.98. The summed E-state index contributed by atoms with van der Waals surface area (Å²) in [6, 6.07) is -2.58. The molecule has 16 nitrogen and oxygen atoms in total. The number of ether oxygens (including phenoxy) is 2. The van der Waals surface area contributed by atoms with Gasteiger partial charge in [-0.25, -0.2) is 18.4 Å². The van der Waals surface area contributed by atoms with Gasteiger partial charge >= 0.3 is 18.4 Å². The van der Waals surface area contributed by atoms with E-state index in [1.807, 2.05) is 0 Å². The van der Waals surface area contributed by atoms with Gasteiger partial charge in [0.1, 0.15) is 59.7 Å². The third kappa shape index (κ3) is 10.9. The maximum absolute atomic E-state index is 14.5. The predicted molar refractivity (Wildman–Crippen MR) is 196 cm³/mol. The van der Waals surface area contributed by atoms with Crippen molar-refractivity contribution in [3.63, 3.8) is 0 Å². The third-order valence-corrected chi connectivity index (χ3v) is 10.3. The first-order valence-electron chi connectivity index (χ1n) is 18.8. The SMILES string of the molecule is CC1NC(=O)C(C)N(C)C(=O)C2CCCN2C(=O)C(NC(=O)C(Cc2cc(F)cc(F)c2)NC(=O)Nc2ccc(OC(F)(F)F)cc2)C(C)OC(=O)C2CCCN2C1=O. The molecule has 0 spiro atoms. The van der Waals surface area contributed by atoms with Gasteiger partial charge in [-0.2, -0.15) is 0 Å². The fourth-order valence-corrected chi connectivity index (χ4v) is 7.19. The number of urea groups is 1. The molecule has 3 aliphatic heterocycles. The number of rotatable bonds is 7. The maximum Gasteiger partial charge on any atom is 0.573 e. The second kappa shape index (κ2) is 18.3. The second-order valence-electron chi connectivity index (χ2n) is 14.6. The predicted octanol–water partition coefficient (Wildman–Crippen LogP) is 2.36. The van der Waals surface area contributed by atoms with Crippen molar-refractivity contribution in [2.24, 2.45) is 0 Å². The van der Waals surface area contributed by atoms with E-state index in [1.54, 1.807) is 0 Å². The van der Waals surface area contributed by atoms with Gasteiger partial charge in [0.2, 0.25) is 29.5 Å². The molecule has 0 aliphatic carbocycles. The van der Waals surface area contributed by atoms with Crippen LogP contribution in [-0.4, -0.2) is 125 Å². The van der Waals surface area contributed by atoms with E-state index in [0.717, 1.165) is 41.3 Å². The van der Waals surface area contributed by atoms with E-state index in [9.17, 15) is 55.5 Å². The Morgan fingerprint density at radius 3 is 2.08 bits per heavy atom. The van der Waals surface area contributed by atoms with Crippen molar-refractivity contribution < 1.29 is 65.0 Å². The van der Waals surface area contributed by atoms with E-state index < -0.39 is 114 Å². The van der Waals surface area contributed by atoms with Crippen LogP contribution in [0, 0.1) is 11.6 Å². The molecule has 3 fully saturated rings. The molecule has 7 unspecified atom stereocenters. The number of halogens is 5. The normalized spacial score (nSPS) is 25.1. The Labute approximate surface area is 335 Å². The van der Waals surface area contributed by atoms with E-state index >= 15 is 0 Å². The Kier molecular flexibility index (Phi) is 13.7. The minimum absolute atomic E-state index is 0.0259. The van der Waals surface area contributed by atoms with Gasteiger partial charge in [0.05, 0.1) is 0 Å². The van der Waals surface area contributed by atoms with Gasteiger partial charge in [0, 0.05) is 38.3 Å². The number of likely N-dealkylation sites (N-methyl/N-ethyl adjacent to an activating group) is 1. The van der Waals surface area contributed by atoms with Gasteiger partial charge in [-0.3, -0.25) is 24.0 Å². The number of benzene rings is 2. The molecule has 2 aromatic carbocycles. The first-order valence-corrected chi connectivity index (χ1v) is 18.8. The zero-order valence-electron chi connectivity index (χ0n) is 32.4. The van der Waals surface area contributed by atoms with Crippen LogP contribution in [-0.2, 0) is 39.9 Å². The lowest BCUT2D eigenvalue weighted by atomic mass is 10.0. The highest BCUT2D eigenvalue weighted by Crippen LogP contribution is 2.26. The van der Waals surface area contributed by atoms with Crippen LogP contribution in [0.3, 0.4) is 0 Å².